The molecule has 0 saturated heterocycles. The van der Waals surface area contributed by atoms with Crippen molar-refractivity contribution in [2.75, 3.05) is 13.2 Å². The van der Waals surface area contributed by atoms with Crippen molar-refractivity contribution >= 4 is 5.97 Å². The Kier molecular flexibility index (Phi) is 10.0. The first kappa shape index (κ1) is 25.0. The van der Waals surface area contributed by atoms with Gasteiger partial charge in [-0.3, -0.25) is 0 Å². The van der Waals surface area contributed by atoms with E-state index in [1.807, 2.05) is 18.2 Å². The summed E-state index contributed by atoms with van der Waals surface area (Å²) in [5, 5.41) is 9.08. The molecule has 0 unspecified atom stereocenters. The molecule has 178 valence electrons. The van der Waals surface area contributed by atoms with Gasteiger partial charge in [0.15, 0.2) is 0 Å². The van der Waals surface area contributed by atoms with Crippen LogP contribution in [0, 0.1) is 5.92 Å². The zero-order valence-electron chi connectivity index (χ0n) is 19.9. The summed E-state index contributed by atoms with van der Waals surface area (Å²) in [7, 11) is 0. The van der Waals surface area contributed by atoms with Gasteiger partial charge in [0, 0.05) is 11.6 Å². The van der Waals surface area contributed by atoms with Crippen LogP contribution >= 0.6 is 0 Å². The van der Waals surface area contributed by atoms with Gasteiger partial charge in [-0.1, -0.05) is 69.5 Å². The number of unbranched alkanes of at least 4 members (excludes halogenated alkanes) is 2. The molecule has 33 heavy (non-hydrogen) atoms. The van der Waals surface area contributed by atoms with Crippen LogP contribution < -0.4 is 4.74 Å². The third kappa shape index (κ3) is 7.46. The first-order valence-corrected chi connectivity index (χ1v) is 12.4. The second-order valence-electron chi connectivity index (χ2n) is 9.04. The van der Waals surface area contributed by atoms with Crippen LogP contribution in [0.5, 0.6) is 5.75 Å². The zero-order valence-corrected chi connectivity index (χ0v) is 19.9. The highest BCUT2D eigenvalue weighted by atomic mass is 16.5. The molecular weight excluding hydrogens is 412 g/mol. The van der Waals surface area contributed by atoms with Gasteiger partial charge in [-0.25, -0.2) is 4.79 Å². The van der Waals surface area contributed by atoms with Crippen molar-refractivity contribution in [3.63, 3.8) is 0 Å². The summed E-state index contributed by atoms with van der Waals surface area (Å²) in [5.41, 5.74) is 4.37. The van der Waals surface area contributed by atoms with Crippen molar-refractivity contribution in [3.8, 4) is 16.9 Å². The molecule has 0 bridgehead atoms. The second-order valence-corrected chi connectivity index (χ2v) is 9.04. The maximum Gasteiger partial charge on any atom is 0.330 e. The van der Waals surface area contributed by atoms with Crippen molar-refractivity contribution in [3.05, 3.63) is 66.2 Å². The number of esters is 1. The molecule has 2 aromatic rings. The average Bonchev–Trinajstić information content (AvgIpc) is 2.87. The van der Waals surface area contributed by atoms with E-state index in [0.29, 0.717) is 11.7 Å². The van der Waals surface area contributed by atoms with Crippen molar-refractivity contribution in [2.45, 2.75) is 70.8 Å². The third-order valence-corrected chi connectivity index (χ3v) is 6.72. The fourth-order valence-electron chi connectivity index (χ4n) is 4.79. The summed E-state index contributed by atoms with van der Waals surface area (Å²) in [5.74, 6) is 1.73. The molecule has 4 heteroatoms. The fourth-order valence-corrected chi connectivity index (χ4v) is 4.79. The molecule has 0 aliphatic heterocycles. The lowest BCUT2D eigenvalue weighted by Gasteiger charge is -2.29. The fraction of sp³-hybridized carbons (Fsp3) is 0.483. The number of hydrogen-bond acceptors (Lipinski definition) is 4. The van der Waals surface area contributed by atoms with Crippen molar-refractivity contribution in [1.82, 2.24) is 0 Å². The van der Waals surface area contributed by atoms with E-state index >= 15 is 0 Å². The summed E-state index contributed by atoms with van der Waals surface area (Å²) < 4.78 is 10.8. The van der Waals surface area contributed by atoms with Gasteiger partial charge in [0.25, 0.3) is 0 Å². The van der Waals surface area contributed by atoms with Crippen LogP contribution in [-0.4, -0.2) is 24.3 Å². The minimum Gasteiger partial charge on any atom is -0.491 e. The number of benzene rings is 2. The van der Waals surface area contributed by atoms with Gasteiger partial charge in [-0.15, -0.1) is 0 Å². The van der Waals surface area contributed by atoms with Crippen molar-refractivity contribution in [2.24, 2.45) is 5.92 Å². The van der Waals surface area contributed by atoms with E-state index in [1.54, 1.807) is 0 Å². The lowest BCUT2D eigenvalue weighted by Crippen LogP contribution is -2.13. The largest absolute Gasteiger partial charge is 0.491 e. The topological polar surface area (TPSA) is 55.8 Å². The van der Waals surface area contributed by atoms with Crippen LogP contribution in [0.3, 0.4) is 0 Å². The summed E-state index contributed by atoms with van der Waals surface area (Å²) in [6.45, 7) is 5.93. The monoisotopic (exact) mass is 450 g/mol. The minimum atomic E-state index is -0.474. The van der Waals surface area contributed by atoms with E-state index in [-0.39, 0.29) is 19.8 Å². The molecule has 1 fully saturated rings. The standard InChI is InChI=1S/C29H38O4/c1-3-5-6-7-22-8-10-23(11-9-22)24-12-14-25(15-13-24)26-16-17-28(32-19-18-30)27(20-26)21-33-29(31)4-2/h4,12-17,20,22-23,30H,2-3,5-11,18-19,21H2,1H3. The molecule has 1 saturated carbocycles. The Bertz CT molecular complexity index is 879. The number of aliphatic hydroxyl groups excluding tert-OH is 1. The molecule has 2 aromatic carbocycles. The molecule has 3 rings (SSSR count). The summed E-state index contributed by atoms with van der Waals surface area (Å²) >= 11 is 0. The van der Waals surface area contributed by atoms with Gasteiger partial charge >= 0.3 is 5.97 Å². The highest BCUT2D eigenvalue weighted by Gasteiger charge is 2.22. The Balaban J connectivity index is 1.65. The van der Waals surface area contributed by atoms with E-state index in [0.717, 1.165) is 28.7 Å². The van der Waals surface area contributed by atoms with Crippen LogP contribution in [0.15, 0.2) is 55.1 Å². The molecule has 0 amide bonds. The lowest BCUT2D eigenvalue weighted by molar-refractivity contribution is -0.139. The predicted octanol–water partition coefficient (Wildman–Crippen LogP) is 6.81. The molecular formula is C29H38O4. The van der Waals surface area contributed by atoms with Gasteiger partial charge in [-0.2, -0.15) is 0 Å². The quantitative estimate of drug-likeness (QED) is 0.219. The summed E-state index contributed by atoms with van der Waals surface area (Å²) in [4.78, 5) is 11.5. The Labute approximate surface area is 198 Å². The molecule has 1 aliphatic rings. The Hall–Kier alpha value is -2.59. The van der Waals surface area contributed by atoms with Crippen LogP contribution in [0.4, 0.5) is 0 Å². The smallest absolute Gasteiger partial charge is 0.330 e. The number of aliphatic hydroxyl groups is 1. The average molecular weight is 451 g/mol. The number of hydrogen-bond donors (Lipinski definition) is 1. The van der Waals surface area contributed by atoms with Gasteiger partial charge in [-0.05, 0) is 66.3 Å². The van der Waals surface area contributed by atoms with Gasteiger partial charge in [0.1, 0.15) is 19.0 Å². The normalized spacial score (nSPS) is 18.0. The van der Waals surface area contributed by atoms with Crippen LogP contribution in [0.1, 0.15) is 75.3 Å². The molecule has 0 aromatic heterocycles. The van der Waals surface area contributed by atoms with Crippen molar-refractivity contribution in [1.29, 1.82) is 0 Å². The minimum absolute atomic E-state index is 0.0737. The van der Waals surface area contributed by atoms with Crippen LogP contribution in [0.2, 0.25) is 0 Å². The maximum atomic E-state index is 11.5. The van der Waals surface area contributed by atoms with Gasteiger partial charge in [0.2, 0.25) is 0 Å². The Morgan fingerprint density at radius 2 is 1.79 bits per heavy atom. The van der Waals surface area contributed by atoms with E-state index in [9.17, 15) is 4.79 Å². The van der Waals surface area contributed by atoms with E-state index < -0.39 is 5.97 Å². The zero-order chi connectivity index (χ0) is 23.5. The second kappa shape index (κ2) is 13.2. The highest BCUT2D eigenvalue weighted by Crippen LogP contribution is 2.38. The molecule has 0 heterocycles. The molecule has 0 atom stereocenters. The molecule has 1 aliphatic carbocycles. The van der Waals surface area contributed by atoms with Gasteiger partial charge in [0.05, 0.1) is 6.61 Å². The SMILES string of the molecule is C=CC(=O)OCc1cc(-c2ccc(C3CCC(CCCCC)CC3)cc2)ccc1OCCO. The first-order valence-electron chi connectivity index (χ1n) is 12.4. The third-order valence-electron chi connectivity index (χ3n) is 6.72. The maximum absolute atomic E-state index is 11.5. The number of ether oxygens (including phenoxy) is 2. The Morgan fingerprint density at radius 3 is 2.45 bits per heavy atom. The summed E-state index contributed by atoms with van der Waals surface area (Å²) in [6.07, 6.45) is 11.9. The summed E-state index contributed by atoms with van der Waals surface area (Å²) in [6, 6.07) is 14.8. The number of rotatable bonds is 12. The lowest BCUT2D eigenvalue weighted by atomic mass is 9.77. The molecule has 4 nitrogen and oxygen atoms in total. The molecule has 0 radical (unpaired) electrons. The molecule has 0 spiro atoms. The van der Waals surface area contributed by atoms with E-state index in [1.165, 1.54) is 56.9 Å². The molecule has 1 N–H and O–H groups in total. The van der Waals surface area contributed by atoms with E-state index in [2.05, 4.69) is 37.8 Å². The van der Waals surface area contributed by atoms with Gasteiger partial charge < -0.3 is 14.6 Å². The van der Waals surface area contributed by atoms with Crippen molar-refractivity contribution < 1.29 is 19.4 Å². The van der Waals surface area contributed by atoms with Crippen LogP contribution in [-0.2, 0) is 16.1 Å². The Morgan fingerprint density at radius 1 is 1.06 bits per heavy atom. The number of carbonyl (C=O) groups is 1. The van der Waals surface area contributed by atoms with Crippen LogP contribution in [0.25, 0.3) is 11.1 Å². The first-order chi connectivity index (χ1) is 16.1. The van der Waals surface area contributed by atoms with E-state index in [4.69, 9.17) is 14.6 Å². The number of carbonyl (C=O) groups excluding carboxylic acids is 1. The highest BCUT2D eigenvalue weighted by molar-refractivity contribution is 5.81. The predicted molar refractivity (Wildman–Crippen MR) is 133 cm³/mol.